The maximum atomic E-state index is 13.1. The maximum absolute atomic E-state index is 13.1. The first-order valence-corrected chi connectivity index (χ1v) is 5.99. The Morgan fingerprint density at radius 3 is 2.37 bits per heavy atom. The zero-order valence-corrected chi connectivity index (χ0v) is 10.9. The van der Waals surface area contributed by atoms with E-state index in [4.69, 9.17) is 4.74 Å². The molecule has 1 saturated heterocycles. The molecule has 19 heavy (non-hydrogen) atoms. The van der Waals surface area contributed by atoms with Crippen molar-refractivity contribution in [2.75, 3.05) is 26.8 Å². The third-order valence-electron chi connectivity index (χ3n) is 2.78. The summed E-state index contributed by atoms with van der Waals surface area (Å²) >= 11 is 0. The zero-order valence-electron chi connectivity index (χ0n) is 10.9. The summed E-state index contributed by atoms with van der Waals surface area (Å²) in [5.41, 5.74) is -0.0378. The minimum atomic E-state index is -2.72. The molecule has 0 N–H and O–H groups in total. The average molecular weight is 277 g/mol. The molecule has 0 aliphatic carbocycles. The number of methoxy groups -OCH3 is 1. The molecule has 0 unspecified atom stereocenters. The molecule has 1 rings (SSSR count). The van der Waals surface area contributed by atoms with Crippen molar-refractivity contribution in [1.29, 1.82) is 0 Å². The van der Waals surface area contributed by atoms with Crippen LogP contribution < -0.4 is 0 Å². The van der Waals surface area contributed by atoms with Crippen molar-refractivity contribution in [3.05, 3.63) is 11.8 Å². The summed E-state index contributed by atoms with van der Waals surface area (Å²) < 4.78 is 35.4. The van der Waals surface area contributed by atoms with E-state index < -0.39 is 17.9 Å². The summed E-state index contributed by atoms with van der Waals surface area (Å²) in [5, 5.41) is 0. The standard InChI is InChI=1S/C12H17F2NO4/c1-3-19-11(17)9(8-10(16)18-2)15-6-4-12(13,14)5-7-15/h8H,3-7H2,1-2H3/b9-8-. The summed E-state index contributed by atoms with van der Waals surface area (Å²) in [6.45, 7) is 1.75. The van der Waals surface area contributed by atoms with Gasteiger partial charge in [-0.05, 0) is 6.92 Å². The smallest absolute Gasteiger partial charge is 0.354 e. The van der Waals surface area contributed by atoms with Gasteiger partial charge in [-0.15, -0.1) is 0 Å². The zero-order chi connectivity index (χ0) is 14.5. The van der Waals surface area contributed by atoms with Gasteiger partial charge >= 0.3 is 11.9 Å². The largest absolute Gasteiger partial charge is 0.466 e. The topological polar surface area (TPSA) is 55.8 Å². The molecular weight excluding hydrogens is 260 g/mol. The van der Waals surface area contributed by atoms with Crippen LogP contribution >= 0.6 is 0 Å². The number of nitrogens with zero attached hydrogens (tertiary/aromatic N) is 1. The van der Waals surface area contributed by atoms with Gasteiger partial charge < -0.3 is 14.4 Å². The lowest BCUT2D eigenvalue weighted by Gasteiger charge is -2.33. The normalized spacial score (nSPS) is 18.9. The van der Waals surface area contributed by atoms with E-state index in [0.717, 1.165) is 6.08 Å². The summed E-state index contributed by atoms with van der Waals surface area (Å²) in [7, 11) is 1.17. The highest BCUT2D eigenvalue weighted by atomic mass is 19.3. The van der Waals surface area contributed by atoms with Gasteiger partial charge in [-0.25, -0.2) is 18.4 Å². The van der Waals surface area contributed by atoms with Gasteiger partial charge in [0.25, 0.3) is 5.92 Å². The molecular formula is C12H17F2NO4. The Labute approximate surface area is 110 Å². The lowest BCUT2D eigenvalue weighted by atomic mass is 10.1. The van der Waals surface area contributed by atoms with Crippen molar-refractivity contribution in [1.82, 2.24) is 4.90 Å². The number of likely N-dealkylation sites (tertiary alicyclic amines) is 1. The van der Waals surface area contributed by atoms with Crippen molar-refractivity contribution >= 4 is 11.9 Å². The number of halogens is 2. The molecule has 1 aliphatic rings. The summed E-state index contributed by atoms with van der Waals surface area (Å²) in [6.07, 6.45) is 0.261. The number of hydrogen-bond acceptors (Lipinski definition) is 5. The number of alkyl halides is 2. The van der Waals surface area contributed by atoms with Gasteiger partial charge in [-0.3, -0.25) is 0 Å². The van der Waals surface area contributed by atoms with Crippen LogP contribution in [0.3, 0.4) is 0 Å². The molecule has 0 bridgehead atoms. The molecule has 108 valence electrons. The minimum Gasteiger partial charge on any atom is -0.466 e. The molecule has 1 heterocycles. The predicted molar refractivity (Wildman–Crippen MR) is 62.5 cm³/mol. The Morgan fingerprint density at radius 1 is 1.32 bits per heavy atom. The molecule has 7 heteroatoms. The van der Waals surface area contributed by atoms with Crippen LogP contribution in [0, 0.1) is 0 Å². The molecule has 0 saturated carbocycles. The Kier molecular flexibility index (Phi) is 5.26. The number of rotatable bonds is 4. The Morgan fingerprint density at radius 2 is 1.89 bits per heavy atom. The first kappa shape index (κ1) is 15.4. The number of carbonyl (C=O) groups excluding carboxylic acids is 2. The van der Waals surface area contributed by atoms with Gasteiger partial charge in [0.05, 0.1) is 19.8 Å². The molecule has 0 aromatic heterocycles. The average Bonchev–Trinajstić information content (AvgIpc) is 2.36. The number of esters is 2. The molecule has 0 spiro atoms. The van der Waals surface area contributed by atoms with E-state index in [9.17, 15) is 18.4 Å². The van der Waals surface area contributed by atoms with Gasteiger partial charge in [0.15, 0.2) is 0 Å². The molecule has 0 amide bonds. The van der Waals surface area contributed by atoms with Gasteiger partial charge in [0.1, 0.15) is 5.70 Å². The van der Waals surface area contributed by atoms with E-state index in [0.29, 0.717) is 0 Å². The van der Waals surface area contributed by atoms with Crippen LogP contribution in [0.2, 0.25) is 0 Å². The van der Waals surface area contributed by atoms with E-state index in [1.54, 1.807) is 6.92 Å². The van der Waals surface area contributed by atoms with Crippen molar-refractivity contribution in [3.63, 3.8) is 0 Å². The third-order valence-corrected chi connectivity index (χ3v) is 2.78. The monoisotopic (exact) mass is 277 g/mol. The van der Waals surface area contributed by atoms with Crippen LogP contribution in [0.4, 0.5) is 8.78 Å². The molecule has 0 aromatic carbocycles. The van der Waals surface area contributed by atoms with Crippen molar-refractivity contribution in [2.45, 2.75) is 25.7 Å². The van der Waals surface area contributed by atoms with Crippen LogP contribution in [0.5, 0.6) is 0 Å². The SMILES string of the molecule is CCOC(=O)/C(=C/C(=O)OC)N1CCC(F)(F)CC1. The summed E-state index contributed by atoms with van der Waals surface area (Å²) in [4.78, 5) is 24.4. The highest BCUT2D eigenvalue weighted by Crippen LogP contribution is 2.29. The van der Waals surface area contributed by atoms with E-state index in [2.05, 4.69) is 4.74 Å². The van der Waals surface area contributed by atoms with Crippen LogP contribution in [0.1, 0.15) is 19.8 Å². The molecule has 1 fully saturated rings. The van der Waals surface area contributed by atoms with Gasteiger partial charge in [0, 0.05) is 25.9 Å². The van der Waals surface area contributed by atoms with E-state index in [1.165, 1.54) is 12.0 Å². The molecule has 0 atom stereocenters. The number of hydrogen-bond donors (Lipinski definition) is 0. The Balaban J connectivity index is 2.83. The minimum absolute atomic E-state index is 0.00532. The fraction of sp³-hybridized carbons (Fsp3) is 0.667. The predicted octanol–water partition coefficient (Wildman–Crippen LogP) is 1.34. The second kappa shape index (κ2) is 6.49. The van der Waals surface area contributed by atoms with Gasteiger partial charge in [-0.2, -0.15) is 0 Å². The second-order valence-electron chi connectivity index (χ2n) is 4.12. The van der Waals surface area contributed by atoms with Crippen LogP contribution in [0.25, 0.3) is 0 Å². The highest BCUT2D eigenvalue weighted by molar-refractivity contribution is 5.95. The quantitative estimate of drug-likeness (QED) is 0.573. The maximum Gasteiger partial charge on any atom is 0.354 e. The Bertz CT molecular complexity index is 372. The summed E-state index contributed by atoms with van der Waals surface area (Å²) in [6, 6.07) is 0. The molecule has 0 radical (unpaired) electrons. The van der Waals surface area contributed by atoms with Gasteiger partial charge in [0.2, 0.25) is 0 Å². The first-order chi connectivity index (χ1) is 8.89. The lowest BCUT2D eigenvalue weighted by molar-refractivity contribution is -0.143. The van der Waals surface area contributed by atoms with E-state index >= 15 is 0 Å². The van der Waals surface area contributed by atoms with Crippen LogP contribution in [-0.2, 0) is 19.1 Å². The summed E-state index contributed by atoms with van der Waals surface area (Å²) in [5.74, 6) is -4.15. The fourth-order valence-electron chi connectivity index (χ4n) is 1.73. The molecule has 1 aliphatic heterocycles. The van der Waals surface area contributed by atoms with Gasteiger partial charge in [-0.1, -0.05) is 0 Å². The molecule has 5 nitrogen and oxygen atoms in total. The van der Waals surface area contributed by atoms with E-state index in [-0.39, 0.29) is 38.2 Å². The Hall–Kier alpha value is -1.66. The number of piperidine rings is 1. The third kappa shape index (κ3) is 4.50. The lowest BCUT2D eigenvalue weighted by Crippen LogP contribution is -2.41. The highest BCUT2D eigenvalue weighted by Gasteiger charge is 2.36. The molecule has 0 aromatic rings. The second-order valence-corrected chi connectivity index (χ2v) is 4.12. The fourth-order valence-corrected chi connectivity index (χ4v) is 1.73. The van der Waals surface area contributed by atoms with Crippen LogP contribution in [0.15, 0.2) is 11.8 Å². The van der Waals surface area contributed by atoms with E-state index in [1.807, 2.05) is 0 Å². The number of carbonyl (C=O) groups is 2. The first-order valence-electron chi connectivity index (χ1n) is 5.99. The van der Waals surface area contributed by atoms with Crippen molar-refractivity contribution in [3.8, 4) is 0 Å². The van der Waals surface area contributed by atoms with Crippen LogP contribution in [-0.4, -0.2) is 49.6 Å². The van der Waals surface area contributed by atoms with Crippen molar-refractivity contribution < 1.29 is 27.8 Å². The number of ether oxygens (including phenoxy) is 2. The van der Waals surface area contributed by atoms with Crippen molar-refractivity contribution in [2.24, 2.45) is 0 Å².